The lowest BCUT2D eigenvalue weighted by atomic mass is 9.92. The fraction of sp³-hybridized carbons (Fsp3) is 0.333. The number of hydrogen-bond acceptors (Lipinski definition) is 1. The van der Waals surface area contributed by atoms with Crippen LogP contribution in [0.4, 0.5) is 30.9 Å². The summed E-state index contributed by atoms with van der Waals surface area (Å²) in [4.78, 5) is 2.30. The smallest absolute Gasteiger partial charge is 0.167 e. The van der Waals surface area contributed by atoms with Gasteiger partial charge in [0.05, 0.1) is 0 Å². The highest BCUT2D eigenvalue weighted by molar-refractivity contribution is 5.26. The number of alkyl halides is 6. The Bertz CT molecular complexity index is 353. The Morgan fingerprint density at radius 2 is 1.18 bits per heavy atom. The maximum atomic E-state index is 12.5. The molecule has 0 atom stereocenters. The molecule has 0 aliphatic heterocycles. The molecule has 0 fully saturated rings. The van der Waals surface area contributed by atoms with Gasteiger partial charge in [0.2, 0.25) is 0 Å². The third-order valence-electron chi connectivity index (χ3n) is 2.09. The quantitative estimate of drug-likeness (QED) is 0.734. The van der Waals surface area contributed by atoms with E-state index < -0.39 is 23.5 Å². The van der Waals surface area contributed by atoms with E-state index in [0.717, 1.165) is 12.1 Å². The van der Waals surface area contributed by atoms with E-state index in [0.29, 0.717) is 12.1 Å². The summed E-state index contributed by atoms with van der Waals surface area (Å²) in [6.07, 6.45) is -11.9. The van der Waals surface area contributed by atoms with E-state index in [1.54, 1.807) is 0 Å². The second-order valence-corrected chi connectivity index (χ2v) is 3.12. The highest BCUT2D eigenvalue weighted by Gasteiger charge is 2.75. The minimum atomic E-state index is -5.97. The topological polar surface area (TPSA) is 9.23 Å². The standard InChI is InChI=1S/C9H5F7O/c10-8(11,12)7(17-16,9(13,14)15)6-4-2-1-3-5-6/h1-5H. The van der Waals surface area contributed by atoms with Gasteiger partial charge in [0, 0.05) is 5.56 Å². The van der Waals surface area contributed by atoms with Crippen LogP contribution in [0.1, 0.15) is 5.56 Å². The summed E-state index contributed by atoms with van der Waals surface area (Å²) in [7, 11) is 0. The largest absolute Gasteiger partial charge is 0.434 e. The van der Waals surface area contributed by atoms with Crippen molar-refractivity contribution in [1.82, 2.24) is 0 Å². The van der Waals surface area contributed by atoms with E-state index in [1.807, 2.05) is 0 Å². The molecule has 1 nitrogen and oxygen atoms in total. The van der Waals surface area contributed by atoms with E-state index in [1.165, 1.54) is 6.07 Å². The van der Waals surface area contributed by atoms with Crippen molar-refractivity contribution in [3.63, 3.8) is 0 Å². The van der Waals surface area contributed by atoms with Crippen LogP contribution in [0, 0.1) is 0 Å². The molecule has 0 unspecified atom stereocenters. The van der Waals surface area contributed by atoms with Crippen LogP contribution in [0.2, 0.25) is 0 Å². The van der Waals surface area contributed by atoms with Crippen LogP contribution < -0.4 is 0 Å². The second-order valence-electron chi connectivity index (χ2n) is 3.12. The van der Waals surface area contributed by atoms with Gasteiger partial charge >= 0.3 is 18.0 Å². The third-order valence-corrected chi connectivity index (χ3v) is 2.09. The van der Waals surface area contributed by atoms with Crippen LogP contribution >= 0.6 is 0 Å². The van der Waals surface area contributed by atoms with Crippen molar-refractivity contribution in [1.29, 1.82) is 0 Å². The lowest BCUT2D eigenvalue weighted by Gasteiger charge is -2.33. The van der Waals surface area contributed by atoms with Crippen LogP contribution in [0.25, 0.3) is 0 Å². The Hall–Kier alpha value is -1.31. The first kappa shape index (κ1) is 13.8. The van der Waals surface area contributed by atoms with Gasteiger partial charge < -0.3 is 0 Å². The van der Waals surface area contributed by atoms with Gasteiger partial charge in [0.1, 0.15) is 0 Å². The van der Waals surface area contributed by atoms with Gasteiger partial charge in [-0.15, -0.1) is 0 Å². The number of hydrogen-bond donors (Lipinski definition) is 0. The SMILES string of the molecule is FOC(c1ccccc1)(C(F)(F)F)C(F)(F)F. The normalized spacial score (nSPS) is 13.8. The maximum absolute atomic E-state index is 12.5. The molecule has 17 heavy (non-hydrogen) atoms. The fourth-order valence-electron chi connectivity index (χ4n) is 1.29. The molecule has 0 aliphatic rings. The highest BCUT2D eigenvalue weighted by atomic mass is 19.4. The van der Waals surface area contributed by atoms with Crippen molar-refractivity contribution < 1.29 is 35.8 Å². The molecule has 1 aromatic carbocycles. The lowest BCUT2D eigenvalue weighted by Crippen LogP contribution is -2.54. The summed E-state index contributed by atoms with van der Waals surface area (Å²) in [5, 5.41) is 0. The average molecular weight is 262 g/mol. The fourth-order valence-corrected chi connectivity index (χ4v) is 1.29. The zero-order chi connectivity index (χ0) is 13.3. The van der Waals surface area contributed by atoms with Gasteiger partial charge in [-0.2, -0.15) is 31.3 Å². The molecule has 0 aliphatic carbocycles. The number of halogens is 7. The molecular weight excluding hydrogens is 257 g/mol. The van der Waals surface area contributed by atoms with E-state index >= 15 is 0 Å². The Labute approximate surface area is 90.7 Å². The minimum Gasteiger partial charge on any atom is -0.167 e. The molecule has 0 N–H and O–H groups in total. The molecule has 0 aromatic heterocycles. The van der Waals surface area contributed by atoms with Crippen LogP contribution in [-0.4, -0.2) is 12.4 Å². The minimum absolute atomic E-state index is 0.487. The molecule has 0 spiro atoms. The molecule has 0 bridgehead atoms. The Balaban J connectivity index is 3.49. The van der Waals surface area contributed by atoms with Crippen molar-refractivity contribution in [2.45, 2.75) is 18.0 Å². The Morgan fingerprint density at radius 3 is 1.47 bits per heavy atom. The summed E-state index contributed by atoms with van der Waals surface area (Å²) in [5.74, 6) is 0. The molecule has 0 saturated heterocycles. The van der Waals surface area contributed by atoms with Gasteiger partial charge in [-0.05, 0) is 4.53 Å². The third kappa shape index (κ3) is 2.08. The predicted octanol–water partition coefficient (Wildman–Crippen LogP) is 3.91. The molecule has 0 saturated carbocycles. The van der Waals surface area contributed by atoms with Gasteiger partial charge in [-0.3, -0.25) is 0 Å². The first-order valence-corrected chi connectivity index (χ1v) is 4.15. The molecule has 96 valence electrons. The number of rotatable bonds is 2. The Kier molecular flexibility index (Phi) is 3.37. The van der Waals surface area contributed by atoms with E-state index in [-0.39, 0.29) is 0 Å². The van der Waals surface area contributed by atoms with Crippen molar-refractivity contribution in [3.8, 4) is 0 Å². The second kappa shape index (κ2) is 4.17. The molecule has 1 rings (SSSR count). The highest BCUT2D eigenvalue weighted by Crippen LogP contribution is 2.52. The monoisotopic (exact) mass is 262 g/mol. The molecule has 0 heterocycles. The molecule has 1 aromatic rings. The van der Waals surface area contributed by atoms with Gasteiger partial charge in [-0.1, -0.05) is 30.3 Å². The summed E-state index contributed by atoms with van der Waals surface area (Å²) < 4.78 is 86.9. The molecule has 8 heteroatoms. The van der Waals surface area contributed by atoms with Gasteiger partial charge in [-0.25, -0.2) is 0 Å². The Morgan fingerprint density at radius 1 is 0.765 bits per heavy atom. The van der Waals surface area contributed by atoms with Crippen LogP contribution in [0.15, 0.2) is 30.3 Å². The molecular formula is C9H5F7O. The number of benzene rings is 1. The summed E-state index contributed by atoms with van der Waals surface area (Å²) in [5.41, 5.74) is -6.33. The maximum Gasteiger partial charge on any atom is 0.434 e. The van der Waals surface area contributed by atoms with Crippen LogP contribution in [0.3, 0.4) is 0 Å². The average Bonchev–Trinajstić information content (AvgIpc) is 2.16. The van der Waals surface area contributed by atoms with E-state index in [4.69, 9.17) is 0 Å². The van der Waals surface area contributed by atoms with Gasteiger partial charge in [0.25, 0.3) is 0 Å². The van der Waals surface area contributed by atoms with Crippen molar-refractivity contribution >= 4 is 0 Å². The van der Waals surface area contributed by atoms with E-state index in [2.05, 4.69) is 4.94 Å². The summed E-state index contributed by atoms with van der Waals surface area (Å²) in [6.45, 7) is 0. The molecule has 0 radical (unpaired) electrons. The van der Waals surface area contributed by atoms with Crippen LogP contribution in [0.5, 0.6) is 0 Å². The summed E-state index contributed by atoms with van der Waals surface area (Å²) in [6, 6.07) is 4.00. The van der Waals surface area contributed by atoms with E-state index in [9.17, 15) is 30.9 Å². The van der Waals surface area contributed by atoms with Crippen molar-refractivity contribution in [2.24, 2.45) is 0 Å². The first-order valence-electron chi connectivity index (χ1n) is 4.15. The van der Waals surface area contributed by atoms with Crippen LogP contribution in [-0.2, 0) is 10.5 Å². The van der Waals surface area contributed by atoms with Gasteiger partial charge in [0.15, 0.2) is 0 Å². The van der Waals surface area contributed by atoms with Crippen molar-refractivity contribution in [2.75, 3.05) is 0 Å². The van der Waals surface area contributed by atoms with Crippen molar-refractivity contribution in [3.05, 3.63) is 35.9 Å². The predicted molar refractivity (Wildman–Crippen MR) is 42.4 cm³/mol. The lowest BCUT2D eigenvalue weighted by molar-refractivity contribution is -0.442. The summed E-state index contributed by atoms with van der Waals surface area (Å²) >= 11 is 0. The zero-order valence-electron chi connectivity index (χ0n) is 7.94. The zero-order valence-corrected chi connectivity index (χ0v) is 7.94. The molecule has 0 amide bonds. The first-order chi connectivity index (χ1) is 7.67.